The smallest absolute Gasteiger partial charge is 0.371 e. The average molecular weight is 591 g/mol. The zero-order valence-corrected chi connectivity index (χ0v) is 26.7. The fraction of sp³-hybridized carbons (Fsp3) is 0.235. The molecule has 2 atom stereocenters. The maximum Gasteiger partial charge on any atom is 2.00 e. The molecular weight excluding hydrogens is 552 g/mol. The quantitative estimate of drug-likeness (QED) is 0.152. The average Bonchev–Trinajstić information content (AvgIpc) is 3.62. The van der Waals surface area contributed by atoms with E-state index in [1.165, 1.54) is 0 Å². The Labute approximate surface area is 247 Å². The van der Waals surface area contributed by atoms with Gasteiger partial charge in [0.05, 0.1) is 0 Å². The summed E-state index contributed by atoms with van der Waals surface area (Å²) in [6, 6.07) is 34.7. The van der Waals surface area contributed by atoms with Gasteiger partial charge < -0.3 is 10.2 Å². The summed E-state index contributed by atoms with van der Waals surface area (Å²) in [4.78, 5) is 0. The second kappa shape index (κ2) is 13.5. The molecule has 4 aromatic rings. The first-order chi connectivity index (χ1) is 17.8. The van der Waals surface area contributed by atoms with Gasteiger partial charge in [0, 0.05) is 0 Å². The molecule has 39 heavy (non-hydrogen) atoms. The van der Waals surface area contributed by atoms with Crippen LogP contribution in [-0.4, -0.2) is 26.4 Å². The molecule has 4 rings (SSSR count). The third kappa shape index (κ3) is 9.09. The summed E-state index contributed by atoms with van der Waals surface area (Å²) in [5.41, 5.74) is 7.50. The fourth-order valence-electron chi connectivity index (χ4n) is 3.77. The van der Waals surface area contributed by atoms with Crippen molar-refractivity contribution >= 4 is 16.1 Å². The summed E-state index contributed by atoms with van der Waals surface area (Å²) in [6.07, 6.45) is 0. The molecule has 2 nitrogen and oxygen atoms in total. The van der Waals surface area contributed by atoms with Gasteiger partial charge in [-0.1, -0.05) is 112 Å². The van der Waals surface area contributed by atoms with Crippen LogP contribution in [0.15, 0.2) is 109 Å². The van der Waals surface area contributed by atoms with Crippen LogP contribution in [0.25, 0.3) is 0 Å². The molecule has 0 spiro atoms. The minimum Gasteiger partial charge on any atom is -0.371 e. The second-order valence-electron chi connectivity index (χ2n) is 11.5. The van der Waals surface area contributed by atoms with Crippen LogP contribution in [0.5, 0.6) is 0 Å². The summed E-state index contributed by atoms with van der Waals surface area (Å²) in [6.45, 7) is 13.1. The zero-order valence-electron chi connectivity index (χ0n) is 23.6. The predicted octanol–water partition coefficient (Wildman–Crippen LogP) is 7.04. The van der Waals surface area contributed by atoms with Crippen LogP contribution in [0.3, 0.4) is 0 Å². The van der Waals surface area contributed by atoms with Crippen LogP contribution in [0, 0.1) is 22.9 Å². The minimum atomic E-state index is -1.53. The molecule has 0 amide bonds. The van der Waals surface area contributed by atoms with E-state index >= 15 is 0 Å². The van der Waals surface area contributed by atoms with E-state index in [9.17, 15) is 10.2 Å². The van der Waals surface area contributed by atoms with Crippen molar-refractivity contribution in [1.29, 1.82) is 0 Å². The molecule has 4 aromatic carbocycles. The number of rotatable bonds is 4. The van der Waals surface area contributed by atoms with E-state index in [2.05, 4.69) is 62.2 Å². The number of hydrogen-bond acceptors (Lipinski definition) is 2. The molecule has 0 saturated heterocycles. The maximum atomic E-state index is 11.1. The zero-order chi connectivity index (χ0) is 27.9. The van der Waals surface area contributed by atoms with E-state index < -0.39 is 27.3 Å². The molecule has 202 valence electrons. The number of aliphatic hydroxyl groups is 2. The first kappa shape index (κ1) is 32.3. The van der Waals surface area contributed by atoms with Gasteiger partial charge in [0.15, 0.2) is 11.2 Å². The van der Waals surface area contributed by atoms with Crippen molar-refractivity contribution in [2.45, 2.75) is 50.5 Å². The van der Waals surface area contributed by atoms with Crippen molar-refractivity contribution in [3.63, 3.8) is 0 Å². The monoisotopic (exact) mass is 590 g/mol. The fourth-order valence-corrected chi connectivity index (χ4v) is 4.88. The van der Waals surface area contributed by atoms with E-state index in [0.29, 0.717) is 0 Å². The van der Waals surface area contributed by atoms with E-state index in [1.54, 1.807) is 0 Å². The van der Waals surface area contributed by atoms with Crippen molar-refractivity contribution < 1.29 is 27.3 Å². The van der Waals surface area contributed by atoms with E-state index in [-0.39, 0.29) is 17.1 Å². The van der Waals surface area contributed by atoms with E-state index in [1.807, 2.05) is 109 Å². The Bertz CT molecular complexity index is 1280. The topological polar surface area (TPSA) is 40.5 Å². The van der Waals surface area contributed by atoms with Crippen molar-refractivity contribution in [2.24, 2.45) is 0 Å². The van der Waals surface area contributed by atoms with Crippen molar-refractivity contribution in [3.05, 3.63) is 131 Å². The normalized spacial score (nSPS) is 13.9. The molecule has 0 aromatic heterocycles. The summed E-state index contributed by atoms with van der Waals surface area (Å²) < 4.78 is 0. The van der Waals surface area contributed by atoms with Crippen molar-refractivity contribution in [2.75, 3.05) is 0 Å². The van der Waals surface area contributed by atoms with Gasteiger partial charge in [0.1, 0.15) is 16.1 Å². The van der Waals surface area contributed by atoms with E-state index in [4.69, 9.17) is 0 Å². The summed E-state index contributed by atoms with van der Waals surface area (Å²) in [5, 5.41) is 22.1. The molecule has 0 aliphatic rings. The minimum absolute atomic E-state index is 0. The van der Waals surface area contributed by atoms with Gasteiger partial charge in [-0.25, -0.2) is 24.3 Å². The van der Waals surface area contributed by atoms with Crippen LogP contribution >= 0.6 is 0 Å². The second-order valence-corrected chi connectivity index (χ2v) is 21.0. The molecule has 2 unspecified atom stereocenters. The molecule has 0 bridgehead atoms. The van der Waals surface area contributed by atoms with Gasteiger partial charge in [-0.15, -0.1) is 22.2 Å². The van der Waals surface area contributed by atoms with Gasteiger partial charge in [0.2, 0.25) is 0 Å². The molecule has 0 aliphatic heterocycles. The maximum absolute atomic E-state index is 11.1. The van der Waals surface area contributed by atoms with Gasteiger partial charge in [-0.2, -0.15) is 24.3 Å². The van der Waals surface area contributed by atoms with Gasteiger partial charge in [-0.3, -0.25) is 0 Å². The third-order valence-electron chi connectivity index (χ3n) is 5.78. The van der Waals surface area contributed by atoms with Crippen LogP contribution < -0.4 is 0 Å². The molecule has 0 aliphatic carbocycles. The van der Waals surface area contributed by atoms with Crippen LogP contribution in [0.4, 0.5) is 0 Å². The van der Waals surface area contributed by atoms with Crippen LogP contribution in [-0.2, 0) is 28.3 Å². The molecule has 0 radical (unpaired) electrons. The van der Waals surface area contributed by atoms with Gasteiger partial charge in [0.25, 0.3) is 0 Å². The Balaban J connectivity index is 0.000000267. The van der Waals surface area contributed by atoms with Crippen molar-refractivity contribution in [3.8, 4) is 22.9 Å². The Hall–Kier alpha value is -2.87. The summed E-state index contributed by atoms with van der Waals surface area (Å²) in [7, 11) is -3.07. The molecule has 2 N–H and O–H groups in total. The largest absolute Gasteiger partial charge is 2.00 e. The van der Waals surface area contributed by atoms with Crippen molar-refractivity contribution in [1.82, 2.24) is 0 Å². The first-order valence-electron chi connectivity index (χ1n) is 12.9. The Morgan fingerprint density at radius 2 is 0.872 bits per heavy atom. The van der Waals surface area contributed by atoms with Gasteiger partial charge in [-0.05, 0) is 11.1 Å². The Kier molecular flexibility index (Phi) is 11.2. The molecule has 0 saturated carbocycles. The molecule has 0 heterocycles. The standard InChI is InChI=1S/2C17H19OSi.Fe/c2*1-19(2,3)14-13-17(18,16-11-7-8-12-16)15-9-5-4-6-10-15;/h2*4-12,18H,1-3H3;/q2*-1;+2. The molecule has 0 fully saturated rings. The third-order valence-corrected chi connectivity index (χ3v) is 7.53. The number of hydrogen-bond donors (Lipinski definition) is 2. The molecular formula is C34H38FeO2Si2. The van der Waals surface area contributed by atoms with E-state index in [0.717, 1.165) is 22.3 Å². The first-order valence-corrected chi connectivity index (χ1v) is 19.9. The SMILES string of the molecule is C[Si](C)(C)C#CC(O)(c1ccccc1)c1ccc[cH-]1.C[Si](C)(C)C#CC(O)(c1ccccc1)c1ccc[cH-]1.[Fe+2]. The summed E-state index contributed by atoms with van der Waals surface area (Å²) in [5.74, 6) is 6.24. The van der Waals surface area contributed by atoms with Gasteiger partial charge >= 0.3 is 17.1 Å². The Morgan fingerprint density at radius 3 is 1.13 bits per heavy atom. The predicted molar refractivity (Wildman–Crippen MR) is 165 cm³/mol. The Morgan fingerprint density at radius 1 is 0.538 bits per heavy atom. The number of benzene rings is 2. The summed E-state index contributed by atoms with van der Waals surface area (Å²) >= 11 is 0. The van der Waals surface area contributed by atoms with Crippen LogP contribution in [0.1, 0.15) is 22.3 Å². The molecule has 5 heteroatoms. The van der Waals surface area contributed by atoms with Crippen LogP contribution in [0.2, 0.25) is 39.3 Å².